The number of pyridine rings is 1. The van der Waals surface area contributed by atoms with Gasteiger partial charge in [-0.15, -0.1) is 0 Å². The smallest absolute Gasteiger partial charge is 0.276 e. The number of nitrogens with zero attached hydrogens (tertiary/aromatic N) is 3. The van der Waals surface area contributed by atoms with Crippen molar-refractivity contribution in [2.24, 2.45) is 0 Å². The van der Waals surface area contributed by atoms with Crippen LogP contribution in [0.25, 0.3) is 0 Å². The quantitative estimate of drug-likeness (QED) is 0.896. The maximum absolute atomic E-state index is 12.0. The molecule has 0 atom stereocenters. The molecule has 0 bridgehead atoms. The van der Waals surface area contributed by atoms with Gasteiger partial charge in [-0.05, 0) is 24.6 Å². The number of rotatable bonds is 4. The van der Waals surface area contributed by atoms with Crippen LogP contribution in [0.2, 0.25) is 0 Å². The van der Waals surface area contributed by atoms with Gasteiger partial charge in [-0.1, -0.05) is 6.92 Å². The molecule has 19 heavy (non-hydrogen) atoms. The molecule has 6 heteroatoms. The molecule has 2 heterocycles. The van der Waals surface area contributed by atoms with E-state index >= 15 is 0 Å². The van der Waals surface area contributed by atoms with Gasteiger partial charge in [-0.25, -0.2) is 4.68 Å². The Labute approximate surface area is 110 Å². The first kappa shape index (κ1) is 12.9. The van der Waals surface area contributed by atoms with Gasteiger partial charge in [0.15, 0.2) is 0 Å². The molecule has 0 fully saturated rings. The monoisotopic (exact) mass is 258 g/mol. The maximum Gasteiger partial charge on any atom is 0.276 e. The van der Waals surface area contributed by atoms with E-state index in [1.807, 2.05) is 6.92 Å². The van der Waals surface area contributed by atoms with E-state index in [1.54, 1.807) is 24.5 Å². The van der Waals surface area contributed by atoms with Gasteiger partial charge in [0, 0.05) is 18.8 Å². The summed E-state index contributed by atoms with van der Waals surface area (Å²) in [5, 5.41) is 6.70. The third-order valence-corrected chi connectivity index (χ3v) is 2.45. The van der Waals surface area contributed by atoms with Crippen LogP contribution in [0.1, 0.15) is 23.8 Å². The van der Waals surface area contributed by atoms with E-state index in [-0.39, 0.29) is 17.2 Å². The lowest BCUT2D eigenvalue weighted by Gasteiger charge is -2.06. The highest BCUT2D eigenvalue weighted by Gasteiger charge is 2.09. The van der Waals surface area contributed by atoms with Crippen LogP contribution >= 0.6 is 0 Å². The molecule has 6 nitrogen and oxygen atoms in total. The summed E-state index contributed by atoms with van der Waals surface area (Å²) >= 11 is 0. The first-order chi connectivity index (χ1) is 9.20. The number of amides is 1. The van der Waals surface area contributed by atoms with Crippen LogP contribution in [-0.2, 0) is 6.54 Å². The molecule has 98 valence electrons. The highest BCUT2D eigenvalue weighted by atomic mass is 16.2. The van der Waals surface area contributed by atoms with Crippen LogP contribution in [-0.4, -0.2) is 20.7 Å². The van der Waals surface area contributed by atoms with Crippen molar-refractivity contribution >= 4 is 11.6 Å². The largest absolute Gasteiger partial charge is 0.319 e. The van der Waals surface area contributed by atoms with Crippen LogP contribution < -0.4 is 10.9 Å². The van der Waals surface area contributed by atoms with E-state index in [4.69, 9.17) is 0 Å². The molecule has 0 aliphatic carbocycles. The van der Waals surface area contributed by atoms with E-state index < -0.39 is 0 Å². The van der Waals surface area contributed by atoms with Gasteiger partial charge in [0.25, 0.3) is 11.5 Å². The molecule has 0 aliphatic rings. The van der Waals surface area contributed by atoms with Crippen molar-refractivity contribution in [2.45, 2.75) is 19.9 Å². The Morgan fingerprint density at radius 3 is 2.89 bits per heavy atom. The van der Waals surface area contributed by atoms with Crippen molar-refractivity contribution in [1.29, 1.82) is 0 Å². The van der Waals surface area contributed by atoms with E-state index in [0.717, 1.165) is 6.42 Å². The highest BCUT2D eigenvalue weighted by Crippen LogP contribution is 2.04. The number of carbonyl (C=O) groups is 1. The van der Waals surface area contributed by atoms with Crippen LogP contribution in [0.4, 0.5) is 5.69 Å². The lowest BCUT2D eigenvalue weighted by Crippen LogP contribution is -2.26. The minimum absolute atomic E-state index is 0.205. The van der Waals surface area contributed by atoms with Crippen LogP contribution in [0, 0.1) is 0 Å². The van der Waals surface area contributed by atoms with Crippen molar-refractivity contribution in [1.82, 2.24) is 14.8 Å². The fourth-order valence-electron chi connectivity index (χ4n) is 1.57. The molecule has 0 saturated carbocycles. The molecule has 2 aromatic heterocycles. The summed E-state index contributed by atoms with van der Waals surface area (Å²) in [5.74, 6) is -0.363. The average molecular weight is 258 g/mol. The van der Waals surface area contributed by atoms with Crippen molar-refractivity contribution in [2.75, 3.05) is 5.32 Å². The molecule has 0 saturated heterocycles. The summed E-state index contributed by atoms with van der Waals surface area (Å²) in [4.78, 5) is 27.4. The van der Waals surface area contributed by atoms with Gasteiger partial charge in [-0.2, -0.15) is 5.10 Å². The molecule has 0 unspecified atom stereocenters. The summed E-state index contributed by atoms with van der Waals surface area (Å²) < 4.78 is 1.29. The molecule has 1 amide bonds. The number of hydrogen-bond acceptors (Lipinski definition) is 4. The Hall–Kier alpha value is -2.50. The lowest BCUT2D eigenvalue weighted by atomic mass is 10.3. The molecular formula is C13H14N4O2. The zero-order valence-electron chi connectivity index (χ0n) is 10.5. The predicted octanol–water partition coefficient (Wildman–Crippen LogP) is 1.30. The first-order valence-corrected chi connectivity index (χ1v) is 6.00. The van der Waals surface area contributed by atoms with E-state index in [2.05, 4.69) is 15.4 Å². The summed E-state index contributed by atoms with van der Waals surface area (Å²) in [5.41, 5.74) is 0.583. The lowest BCUT2D eigenvalue weighted by molar-refractivity contribution is 0.101. The second kappa shape index (κ2) is 5.90. The molecular weight excluding hydrogens is 244 g/mol. The van der Waals surface area contributed by atoms with Crippen molar-refractivity contribution < 1.29 is 4.79 Å². The maximum atomic E-state index is 12.0. The molecule has 0 aliphatic heterocycles. The Bertz CT molecular complexity index is 622. The third-order valence-electron chi connectivity index (χ3n) is 2.45. The Kier molecular flexibility index (Phi) is 4.02. The van der Waals surface area contributed by atoms with Crippen molar-refractivity contribution in [3.05, 3.63) is 52.7 Å². The molecule has 2 rings (SSSR count). The zero-order valence-corrected chi connectivity index (χ0v) is 10.5. The van der Waals surface area contributed by atoms with Gasteiger partial charge in [0.05, 0.1) is 11.9 Å². The predicted molar refractivity (Wildman–Crippen MR) is 71.0 cm³/mol. The van der Waals surface area contributed by atoms with E-state index in [1.165, 1.54) is 16.8 Å². The van der Waals surface area contributed by atoms with Crippen LogP contribution in [0.15, 0.2) is 41.5 Å². The summed E-state index contributed by atoms with van der Waals surface area (Å²) in [6.45, 7) is 2.43. The Balaban J connectivity index is 2.20. The summed E-state index contributed by atoms with van der Waals surface area (Å²) in [6.07, 6.45) is 3.94. The fraction of sp³-hybridized carbons (Fsp3) is 0.231. The fourth-order valence-corrected chi connectivity index (χ4v) is 1.57. The van der Waals surface area contributed by atoms with Crippen molar-refractivity contribution in [3.63, 3.8) is 0 Å². The topological polar surface area (TPSA) is 76.9 Å². The minimum atomic E-state index is -0.363. The second-order valence-corrected chi connectivity index (χ2v) is 3.98. The summed E-state index contributed by atoms with van der Waals surface area (Å²) in [7, 11) is 0. The number of hydrogen-bond donors (Lipinski definition) is 1. The molecule has 1 N–H and O–H groups in total. The third kappa shape index (κ3) is 3.25. The summed E-state index contributed by atoms with van der Waals surface area (Å²) in [6, 6.07) is 6.22. The standard InChI is InChI=1S/C13H14N4O2/c1-2-8-17-12(18)6-5-11(16-17)13(19)15-10-4-3-7-14-9-10/h3-7,9H,2,8H2,1H3,(H,15,19). The molecule has 0 aromatic carbocycles. The number of aromatic nitrogens is 3. The number of nitrogens with one attached hydrogen (secondary N) is 1. The average Bonchev–Trinajstić information content (AvgIpc) is 2.42. The number of anilines is 1. The Morgan fingerprint density at radius 2 is 2.21 bits per heavy atom. The minimum Gasteiger partial charge on any atom is -0.319 e. The first-order valence-electron chi connectivity index (χ1n) is 6.00. The second-order valence-electron chi connectivity index (χ2n) is 3.98. The van der Waals surface area contributed by atoms with E-state index in [0.29, 0.717) is 12.2 Å². The number of carbonyl (C=O) groups excluding carboxylic acids is 1. The van der Waals surface area contributed by atoms with Gasteiger partial charge in [0.1, 0.15) is 5.69 Å². The van der Waals surface area contributed by atoms with E-state index in [9.17, 15) is 9.59 Å². The highest BCUT2D eigenvalue weighted by molar-refractivity contribution is 6.02. The molecule has 0 radical (unpaired) electrons. The Morgan fingerprint density at radius 1 is 1.37 bits per heavy atom. The van der Waals surface area contributed by atoms with Crippen LogP contribution in [0.5, 0.6) is 0 Å². The normalized spacial score (nSPS) is 10.2. The van der Waals surface area contributed by atoms with Gasteiger partial charge < -0.3 is 5.32 Å². The van der Waals surface area contributed by atoms with Gasteiger partial charge in [0.2, 0.25) is 0 Å². The van der Waals surface area contributed by atoms with Crippen molar-refractivity contribution in [3.8, 4) is 0 Å². The van der Waals surface area contributed by atoms with Crippen LogP contribution in [0.3, 0.4) is 0 Å². The zero-order chi connectivity index (χ0) is 13.7. The molecule has 2 aromatic rings. The van der Waals surface area contributed by atoms with Gasteiger partial charge in [-0.3, -0.25) is 14.6 Å². The van der Waals surface area contributed by atoms with Gasteiger partial charge >= 0.3 is 0 Å². The SMILES string of the molecule is CCCn1nc(C(=O)Nc2cccnc2)ccc1=O. The number of aryl methyl sites for hydroxylation is 1. The molecule has 0 spiro atoms.